The third kappa shape index (κ3) is 12.8. The second-order valence-electron chi connectivity index (χ2n) is 16.3. The summed E-state index contributed by atoms with van der Waals surface area (Å²) in [5, 5.41) is 5.09. The maximum atomic E-state index is 6.05. The number of nitrogens with one attached hydrogen (secondary N) is 1. The summed E-state index contributed by atoms with van der Waals surface area (Å²) in [4.78, 5) is 11.1. The molecule has 0 amide bonds. The van der Waals surface area contributed by atoms with E-state index < -0.39 is 0 Å². The molecule has 1 aliphatic rings. The molecule has 0 saturated carbocycles. The molecule has 0 radical (unpaired) electrons. The van der Waals surface area contributed by atoms with Crippen LogP contribution < -0.4 is 25.2 Å². The fourth-order valence-corrected chi connectivity index (χ4v) is 6.53. The van der Waals surface area contributed by atoms with E-state index in [0.29, 0.717) is 25.0 Å². The second-order valence-corrected chi connectivity index (χ2v) is 16.3. The number of allylic oxidation sites excluding steroid dienone is 4. The Kier molecular flexibility index (Phi) is 18.4. The predicted molar refractivity (Wildman–Crippen MR) is 252 cm³/mol. The number of unbranched alkanes of at least 4 members (excludes halogenated alkanes) is 1. The first-order valence-electron chi connectivity index (χ1n) is 21.6. The number of hydrogen-bond donors (Lipinski definition) is 1. The van der Waals surface area contributed by atoms with E-state index in [4.69, 9.17) is 26.0 Å². The third-order valence-corrected chi connectivity index (χ3v) is 9.55. The van der Waals surface area contributed by atoms with Crippen molar-refractivity contribution in [2.75, 3.05) is 26.8 Å². The van der Waals surface area contributed by atoms with Gasteiger partial charge in [-0.15, -0.1) is 0 Å². The zero-order valence-electron chi connectivity index (χ0n) is 37.1. The first kappa shape index (κ1) is 45.7. The molecule has 58 heavy (non-hydrogen) atoms. The zero-order valence-corrected chi connectivity index (χ0v) is 37.1. The molecule has 0 fully saturated rings. The molecule has 6 rings (SSSR count). The van der Waals surface area contributed by atoms with Crippen LogP contribution in [0.5, 0.6) is 11.5 Å². The molecule has 1 heterocycles. The minimum atomic E-state index is 0.450. The quantitative estimate of drug-likeness (QED) is 0.122. The van der Waals surface area contributed by atoms with Gasteiger partial charge in [-0.2, -0.15) is 0 Å². The average Bonchev–Trinajstić information content (AvgIpc) is 3.23. The van der Waals surface area contributed by atoms with E-state index in [1.165, 1.54) is 12.8 Å². The van der Waals surface area contributed by atoms with Crippen LogP contribution >= 0.6 is 0 Å². The summed E-state index contributed by atoms with van der Waals surface area (Å²) in [7, 11) is 1.97. The van der Waals surface area contributed by atoms with Gasteiger partial charge in [0.15, 0.2) is 0 Å². The number of rotatable bonds is 14. The highest BCUT2D eigenvalue weighted by atomic mass is 16.5. The molecule has 4 aromatic carbocycles. The Balaban J connectivity index is 0.000000665. The minimum Gasteiger partial charge on any atom is -0.493 e. The zero-order chi connectivity index (χ0) is 42.0. The normalized spacial score (nSPS) is 12.6. The van der Waals surface area contributed by atoms with Crippen molar-refractivity contribution >= 4 is 29.3 Å². The topological polar surface area (TPSA) is 56.3 Å². The fraction of sp³-hybridized carbons (Fsp3) is 0.396. The summed E-state index contributed by atoms with van der Waals surface area (Å²) in [6.45, 7) is 26.8. The number of aromatic nitrogens is 2. The summed E-state index contributed by atoms with van der Waals surface area (Å²) in [5.74, 6) is 3.40. The van der Waals surface area contributed by atoms with Crippen molar-refractivity contribution in [3.63, 3.8) is 0 Å². The Bertz CT molecular complexity index is 2180. The van der Waals surface area contributed by atoms with E-state index in [1.54, 1.807) is 0 Å². The van der Waals surface area contributed by atoms with Gasteiger partial charge in [0.2, 0.25) is 0 Å². The Morgan fingerprint density at radius 2 is 1.19 bits per heavy atom. The molecule has 5 aromatic rings. The number of fused-ring (bicyclic) bond motifs is 1. The van der Waals surface area contributed by atoms with Crippen LogP contribution in [-0.4, -0.2) is 36.8 Å². The largest absolute Gasteiger partial charge is 0.493 e. The predicted octanol–water partition coefficient (Wildman–Crippen LogP) is 12.7. The van der Waals surface area contributed by atoms with Crippen LogP contribution in [0.4, 0.5) is 0 Å². The van der Waals surface area contributed by atoms with Crippen molar-refractivity contribution in [1.82, 2.24) is 15.3 Å². The summed E-state index contributed by atoms with van der Waals surface area (Å²) >= 11 is 0. The standard InChI is InChI=1S/C44H46N2O2.C5H13N.C4H10/c1-7-14-38-31(6)39(32-19-23-36(24-20-32)47-27-29(2)3)43-44(40(38)33-21-25-37(26-22-33)48-28-30(4)5)46-42(35-17-12-9-13-18-35)41(45-43)34-15-10-8-11-16-34;1-5(2)4-6-3;1-3-4-2/h8,10-12,14-26,29-30H,6-7,9,13,27-28H2,1-5H3;5-6H,4H2,1-3H3;3-4H2,1-2H3/b38-14-;;. The molecule has 1 aliphatic carbocycles. The summed E-state index contributed by atoms with van der Waals surface area (Å²) in [6.07, 6.45) is 14.5. The number of ether oxygens (including phenoxy) is 2. The van der Waals surface area contributed by atoms with Crippen LogP contribution in [0.25, 0.3) is 62.8 Å². The van der Waals surface area contributed by atoms with Gasteiger partial charge in [-0.3, -0.25) is 0 Å². The monoisotopic (exact) mass is 780 g/mol. The van der Waals surface area contributed by atoms with Crippen molar-refractivity contribution in [3.8, 4) is 45.0 Å². The van der Waals surface area contributed by atoms with Crippen LogP contribution in [0, 0.1) is 17.8 Å². The molecule has 0 aliphatic heterocycles. The van der Waals surface area contributed by atoms with Crippen LogP contribution in [0.1, 0.15) is 100 Å². The fourth-order valence-electron chi connectivity index (χ4n) is 6.53. The van der Waals surface area contributed by atoms with E-state index in [1.807, 2.05) is 25.2 Å². The smallest absolute Gasteiger partial charge is 0.119 e. The Morgan fingerprint density at radius 1 is 0.655 bits per heavy atom. The van der Waals surface area contributed by atoms with Crippen LogP contribution in [0.2, 0.25) is 0 Å². The first-order valence-corrected chi connectivity index (χ1v) is 21.6. The highest BCUT2D eigenvalue weighted by Crippen LogP contribution is 2.36. The van der Waals surface area contributed by atoms with Crippen molar-refractivity contribution in [1.29, 1.82) is 0 Å². The van der Waals surface area contributed by atoms with Gasteiger partial charge >= 0.3 is 0 Å². The molecule has 308 valence electrons. The third-order valence-electron chi connectivity index (χ3n) is 9.55. The van der Waals surface area contributed by atoms with Gasteiger partial charge in [0.1, 0.15) is 11.5 Å². The summed E-state index contributed by atoms with van der Waals surface area (Å²) < 4.78 is 12.1. The molecule has 5 heteroatoms. The molecule has 0 saturated heterocycles. The van der Waals surface area contributed by atoms with Gasteiger partial charge in [-0.05, 0) is 102 Å². The lowest BCUT2D eigenvalue weighted by molar-refractivity contribution is 0.271. The van der Waals surface area contributed by atoms with Gasteiger partial charge in [0.25, 0.3) is 0 Å². The molecular formula is C53H69N3O2. The highest BCUT2D eigenvalue weighted by Gasteiger charge is 2.22. The van der Waals surface area contributed by atoms with Crippen molar-refractivity contribution in [2.45, 2.75) is 94.4 Å². The molecule has 0 atom stereocenters. The van der Waals surface area contributed by atoms with Gasteiger partial charge in [-0.25, -0.2) is 9.97 Å². The Hall–Kier alpha value is -5.00. The van der Waals surface area contributed by atoms with Crippen molar-refractivity contribution in [2.24, 2.45) is 17.8 Å². The Labute approximate surface area is 350 Å². The van der Waals surface area contributed by atoms with Gasteiger partial charge in [0.05, 0.1) is 35.6 Å². The van der Waals surface area contributed by atoms with Gasteiger partial charge < -0.3 is 14.8 Å². The van der Waals surface area contributed by atoms with Crippen LogP contribution in [-0.2, 0) is 0 Å². The lowest BCUT2D eigenvalue weighted by atomic mass is 9.91. The lowest BCUT2D eigenvalue weighted by Crippen LogP contribution is -2.29. The maximum Gasteiger partial charge on any atom is 0.119 e. The highest BCUT2D eigenvalue weighted by molar-refractivity contribution is 6.03. The number of benzene rings is 4. The summed E-state index contributed by atoms with van der Waals surface area (Å²) in [6, 6.07) is 27.2. The van der Waals surface area contributed by atoms with E-state index in [0.717, 1.165) is 109 Å². The van der Waals surface area contributed by atoms with E-state index in [2.05, 4.69) is 153 Å². The van der Waals surface area contributed by atoms with E-state index >= 15 is 0 Å². The van der Waals surface area contributed by atoms with Gasteiger partial charge in [-0.1, -0.05) is 161 Å². The molecule has 0 unspecified atom stereocenters. The summed E-state index contributed by atoms with van der Waals surface area (Å²) in [5.41, 5.74) is 9.73. The first-order chi connectivity index (χ1) is 28.0. The molecule has 5 nitrogen and oxygen atoms in total. The SMILES string of the molecule is C=c1c(-c2ccc(OCC(C)C)cc2)c2nc(-c3ccccc3)c(C3=CCCC=C3)nc2c(-c2ccc(OCC(C)C)cc2)/c1=C\CC.CCCC.CNCC(C)C. The second kappa shape index (κ2) is 23.4. The van der Waals surface area contributed by atoms with Crippen LogP contribution in [0.15, 0.2) is 97.1 Å². The number of nitrogens with zero attached hydrogens (tertiary/aromatic N) is 2. The average molecular weight is 780 g/mol. The van der Waals surface area contributed by atoms with Crippen LogP contribution in [0.3, 0.4) is 0 Å². The number of hydrogen-bond acceptors (Lipinski definition) is 5. The molecule has 1 N–H and O–H groups in total. The van der Waals surface area contributed by atoms with Gasteiger partial charge in [0, 0.05) is 16.7 Å². The molecular weight excluding hydrogens is 711 g/mol. The van der Waals surface area contributed by atoms with Crippen molar-refractivity contribution in [3.05, 3.63) is 113 Å². The molecule has 0 spiro atoms. The molecule has 1 aromatic heterocycles. The van der Waals surface area contributed by atoms with Crippen molar-refractivity contribution < 1.29 is 9.47 Å². The Morgan fingerprint density at radius 3 is 1.64 bits per heavy atom. The van der Waals surface area contributed by atoms with E-state index in [9.17, 15) is 0 Å². The lowest BCUT2D eigenvalue weighted by Gasteiger charge is -2.19. The maximum absolute atomic E-state index is 6.05. The van der Waals surface area contributed by atoms with E-state index in [-0.39, 0.29) is 0 Å². The minimum absolute atomic E-state index is 0.450. The molecule has 0 bridgehead atoms.